The van der Waals surface area contributed by atoms with Gasteiger partial charge in [0.2, 0.25) is 0 Å². The molecule has 0 aliphatic carbocycles. The van der Waals surface area contributed by atoms with Crippen LogP contribution in [-0.2, 0) is 33.3 Å². The van der Waals surface area contributed by atoms with Crippen molar-refractivity contribution in [1.29, 1.82) is 0 Å². The molecule has 7 nitrogen and oxygen atoms in total. The van der Waals surface area contributed by atoms with E-state index in [9.17, 15) is 14.4 Å². The van der Waals surface area contributed by atoms with E-state index in [-0.39, 0.29) is 13.2 Å². The third kappa shape index (κ3) is 4.33. The van der Waals surface area contributed by atoms with Gasteiger partial charge >= 0.3 is 17.9 Å². The van der Waals surface area contributed by atoms with Crippen LogP contribution in [-0.4, -0.2) is 49.4 Å². The zero-order valence-electron chi connectivity index (χ0n) is 10.5. The topological polar surface area (TPSA) is 88.1 Å². The fourth-order valence-electron chi connectivity index (χ4n) is 1.70. The van der Waals surface area contributed by atoms with Crippen LogP contribution in [0.3, 0.4) is 0 Å². The lowest BCUT2D eigenvalue weighted by atomic mass is 10.1. The smallest absolute Gasteiger partial charge is 0.303 e. The summed E-state index contributed by atoms with van der Waals surface area (Å²) in [6.45, 7) is 3.89. The normalized spacial score (nSPS) is 24.2. The number of ether oxygens (including phenoxy) is 4. The van der Waals surface area contributed by atoms with E-state index < -0.39 is 36.2 Å². The first-order chi connectivity index (χ1) is 8.40. The molecule has 0 N–H and O–H groups in total. The molecule has 1 rings (SSSR count). The second-order valence-electron chi connectivity index (χ2n) is 3.91. The highest BCUT2D eigenvalue weighted by molar-refractivity contribution is 5.68. The summed E-state index contributed by atoms with van der Waals surface area (Å²) >= 11 is 0. The Hall–Kier alpha value is -1.63. The minimum atomic E-state index is -0.843. The first-order valence-electron chi connectivity index (χ1n) is 5.49. The molecule has 0 bridgehead atoms. The summed E-state index contributed by atoms with van der Waals surface area (Å²) < 4.78 is 20.2. The van der Waals surface area contributed by atoms with Crippen molar-refractivity contribution >= 4 is 17.9 Å². The molecule has 1 aliphatic heterocycles. The van der Waals surface area contributed by atoms with E-state index in [0.717, 1.165) is 0 Å². The highest BCUT2D eigenvalue weighted by Gasteiger charge is 2.40. The Morgan fingerprint density at radius 1 is 0.833 bits per heavy atom. The lowest BCUT2D eigenvalue weighted by Gasteiger charge is -2.35. The van der Waals surface area contributed by atoms with Crippen molar-refractivity contribution in [2.24, 2.45) is 0 Å². The summed E-state index contributed by atoms with van der Waals surface area (Å²) in [5.74, 6) is -1.59. The van der Waals surface area contributed by atoms with Gasteiger partial charge in [-0.1, -0.05) is 0 Å². The Morgan fingerprint density at radius 3 is 1.56 bits per heavy atom. The number of carbonyl (C=O) groups excluding carboxylic acids is 3. The van der Waals surface area contributed by atoms with Crippen LogP contribution >= 0.6 is 0 Å². The van der Waals surface area contributed by atoms with Gasteiger partial charge in [-0.25, -0.2) is 0 Å². The zero-order valence-corrected chi connectivity index (χ0v) is 10.5. The fraction of sp³-hybridized carbons (Fsp3) is 0.727. The molecule has 0 amide bonds. The highest BCUT2D eigenvalue weighted by Crippen LogP contribution is 2.19. The number of hydrogen-bond acceptors (Lipinski definition) is 7. The van der Waals surface area contributed by atoms with Crippen LogP contribution in [0, 0.1) is 0 Å². The largest absolute Gasteiger partial charge is 0.456 e. The van der Waals surface area contributed by atoms with E-state index in [1.165, 1.54) is 20.8 Å². The van der Waals surface area contributed by atoms with Crippen molar-refractivity contribution in [1.82, 2.24) is 0 Å². The molecule has 2 atom stereocenters. The minimum Gasteiger partial charge on any atom is -0.456 e. The molecule has 0 aromatic heterocycles. The van der Waals surface area contributed by atoms with Gasteiger partial charge in [-0.15, -0.1) is 0 Å². The van der Waals surface area contributed by atoms with Gasteiger partial charge in [0.1, 0.15) is 0 Å². The predicted octanol–water partition coefficient (Wildman–Crippen LogP) is -0.188. The summed E-state index contributed by atoms with van der Waals surface area (Å²) in [5.41, 5.74) is 0. The maximum Gasteiger partial charge on any atom is 0.303 e. The molecule has 18 heavy (non-hydrogen) atoms. The first kappa shape index (κ1) is 14.4. The van der Waals surface area contributed by atoms with Crippen LogP contribution < -0.4 is 0 Å². The highest BCUT2D eigenvalue weighted by atomic mass is 16.6. The van der Waals surface area contributed by atoms with Crippen LogP contribution in [0.1, 0.15) is 20.8 Å². The first-order valence-corrected chi connectivity index (χ1v) is 5.49. The Balaban J connectivity index is 2.78. The molecule has 1 fully saturated rings. The van der Waals surface area contributed by atoms with Crippen LogP contribution in [0.5, 0.6) is 0 Å². The van der Waals surface area contributed by atoms with Gasteiger partial charge in [0.05, 0.1) is 13.2 Å². The lowest BCUT2D eigenvalue weighted by Crippen LogP contribution is -2.53. The maximum absolute atomic E-state index is 11.0. The number of rotatable bonds is 3. The van der Waals surface area contributed by atoms with E-state index in [2.05, 4.69) is 0 Å². The molecule has 0 radical (unpaired) electrons. The average Bonchev–Trinajstić information content (AvgIpc) is 2.20. The Kier molecular flexibility index (Phi) is 5.08. The molecule has 0 aromatic carbocycles. The minimum absolute atomic E-state index is 0.0926. The summed E-state index contributed by atoms with van der Waals surface area (Å²) in [7, 11) is 0. The molecule has 102 valence electrons. The van der Waals surface area contributed by atoms with Gasteiger partial charge < -0.3 is 18.9 Å². The fourth-order valence-corrected chi connectivity index (χ4v) is 1.70. The summed E-state index contributed by atoms with van der Waals surface area (Å²) in [4.78, 5) is 32.9. The van der Waals surface area contributed by atoms with E-state index in [4.69, 9.17) is 18.9 Å². The summed E-state index contributed by atoms with van der Waals surface area (Å²) in [5, 5.41) is 0. The molecule has 1 heterocycles. The average molecular weight is 260 g/mol. The van der Waals surface area contributed by atoms with Gasteiger partial charge in [0.25, 0.3) is 0 Å². The summed E-state index contributed by atoms with van der Waals surface area (Å²) in [6.07, 6.45) is -2.39. The maximum atomic E-state index is 11.0. The van der Waals surface area contributed by atoms with Gasteiger partial charge in [0, 0.05) is 20.8 Å². The Morgan fingerprint density at radius 2 is 1.22 bits per heavy atom. The molecule has 1 saturated heterocycles. The van der Waals surface area contributed by atoms with Crippen molar-refractivity contribution in [3.8, 4) is 0 Å². The quantitative estimate of drug-likeness (QED) is 0.513. The van der Waals surface area contributed by atoms with Crippen molar-refractivity contribution in [3.05, 3.63) is 0 Å². The van der Waals surface area contributed by atoms with Crippen molar-refractivity contribution < 1.29 is 33.3 Å². The standard InChI is InChI=1S/C11H16O7/c1-6(12)16-9-4-15-5-10(17-7(2)13)11(9)18-8(3)14/h9-11H,4-5H2,1-3H3/t9-,10-/m1/s1. The lowest BCUT2D eigenvalue weighted by molar-refractivity contribution is -0.208. The van der Waals surface area contributed by atoms with E-state index in [0.29, 0.717) is 0 Å². The number of carbonyl (C=O) groups is 3. The van der Waals surface area contributed by atoms with E-state index in [1.807, 2.05) is 0 Å². The molecule has 0 saturated carbocycles. The second-order valence-corrected chi connectivity index (χ2v) is 3.91. The van der Waals surface area contributed by atoms with Crippen molar-refractivity contribution in [3.63, 3.8) is 0 Å². The van der Waals surface area contributed by atoms with Crippen LogP contribution in [0.4, 0.5) is 0 Å². The molecule has 7 heteroatoms. The van der Waals surface area contributed by atoms with Crippen molar-refractivity contribution in [2.45, 2.75) is 39.1 Å². The molecular formula is C11H16O7. The van der Waals surface area contributed by atoms with Gasteiger partial charge in [-0.2, -0.15) is 0 Å². The molecular weight excluding hydrogens is 244 g/mol. The molecule has 1 aliphatic rings. The van der Waals surface area contributed by atoms with Crippen LogP contribution in [0.2, 0.25) is 0 Å². The summed E-state index contributed by atoms with van der Waals surface area (Å²) in [6, 6.07) is 0. The SMILES string of the molecule is CC(=O)OC1[C@H](OC(C)=O)COC[C@H]1OC(C)=O. The van der Waals surface area contributed by atoms with Crippen LogP contribution in [0.25, 0.3) is 0 Å². The number of esters is 3. The number of hydrogen-bond donors (Lipinski definition) is 0. The molecule has 0 spiro atoms. The molecule has 0 aromatic rings. The predicted molar refractivity (Wildman–Crippen MR) is 57.5 cm³/mol. The monoisotopic (exact) mass is 260 g/mol. The van der Waals surface area contributed by atoms with Gasteiger partial charge in [-0.05, 0) is 0 Å². The Labute approximate surface area is 104 Å². The zero-order chi connectivity index (χ0) is 13.7. The van der Waals surface area contributed by atoms with Gasteiger partial charge in [-0.3, -0.25) is 14.4 Å². The third-order valence-corrected chi connectivity index (χ3v) is 2.23. The van der Waals surface area contributed by atoms with Gasteiger partial charge in [0.15, 0.2) is 18.3 Å². The molecule has 0 unspecified atom stereocenters. The van der Waals surface area contributed by atoms with E-state index in [1.54, 1.807) is 0 Å². The third-order valence-electron chi connectivity index (χ3n) is 2.23. The second kappa shape index (κ2) is 6.34. The van der Waals surface area contributed by atoms with E-state index >= 15 is 0 Å². The van der Waals surface area contributed by atoms with Crippen LogP contribution in [0.15, 0.2) is 0 Å². The van der Waals surface area contributed by atoms with Crippen molar-refractivity contribution in [2.75, 3.05) is 13.2 Å². The Bertz CT molecular complexity index is 314.